The number of rotatable bonds is 0. The van der Waals surface area contributed by atoms with Gasteiger partial charge in [-0.1, -0.05) is 291 Å². The van der Waals surface area contributed by atoms with Crippen molar-refractivity contribution in [3.63, 3.8) is 0 Å². The summed E-state index contributed by atoms with van der Waals surface area (Å²) >= 11 is 1.74. The van der Waals surface area contributed by atoms with Crippen molar-refractivity contribution in [2.24, 2.45) is 7.05 Å². The molecule has 9 nitrogen and oxygen atoms in total. The number of pyridine rings is 2. The maximum absolute atomic E-state index is 4.46. The molecule has 0 atom stereocenters. The van der Waals surface area contributed by atoms with Gasteiger partial charge in [0.25, 0.3) is 0 Å². The van der Waals surface area contributed by atoms with Gasteiger partial charge in [0.2, 0.25) is 0 Å². The smallest absolute Gasteiger partial charge is 0.126 e. The first-order chi connectivity index (χ1) is 41.5. The van der Waals surface area contributed by atoms with Crippen molar-refractivity contribution in [1.29, 1.82) is 0 Å². The molecule has 8 rings (SSSR count). The zero-order chi connectivity index (χ0) is 70.9. The molecule has 0 amide bonds. The molecule has 0 saturated heterocycles. The van der Waals surface area contributed by atoms with Gasteiger partial charge in [-0.3, -0.25) is 15.1 Å². The molecule has 7 aromatic heterocycles. The third kappa shape index (κ3) is 159. The number of benzene rings is 1. The second-order valence-corrected chi connectivity index (χ2v) is 12.5. The first-order valence-corrected chi connectivity index (χ1v) is 33.8. The summed E-state index contributed by atoms with van der Waals surface area (Å²) in [5.41, 5.74) is 9.81. The van der Waals surface area contributed by atoms with Crippen molar-refractivity contribution in [2.75, 3.05) is 0 Å². The summed E-state index contributed by atoms with van der Waals surface area (Å²) in [7, 11) is 2.02. The standard InChI is InChI=1S/C7H8.C6H9N.2C6H7N.C5H6N2.C5H6S.C4H6N2.C4H5NO.16C2H6.3CH4/c1-7-5-3-2-4-6-7;1-6-3-4-7(2)5-6;1-6-2-4-7-5-3-6;1-6-3-2-4-7-5-6;1-5-2-6-4-7-3-5;1-5-2-3-6-4-5;2*1-4-2-5-6-3-4;16*1-2;;;/h2-6H,1H3;3-5H,1-2H3;2*2-5H,1H3;2-4H,1H3;2-4H,1H3;2-3H,1H3,(H,5,6);2-3H,1H3;16*1-2H3;3*1H4. The maximum atomic E-state index is 4.46. The normalized spacial score (nSPS) is 6.42. The van der Waals surface area contributed by atoms with E-state index in [1.165, 1.54) is 39.7 Å². The van der Waals surface area contributed by atoms with Crippen molar-refractivity contribution in [2.45, 2.75) is 299 Å². The summed E-state index contributed by atoms with van der Waals surface area (Å²) in [6, 6.07) is 22.3. The summed E-state index contributed by atoms with van der Waals surface area (Å²) in [5.74, 6) is 0. The number of thiophene rings is 1. The molecule has 10 heteroatoms. The average molecular weight is 1260 g/mol. The molecule has 88 heavy (non-hydrogen) atoms. The largest absolute Gasteiger partial charge is 0.365 e. The van der Waals surface area contributed by atoms with E-state index in [0.29, 0.717) is 0 Å². The van der Waals surface area contributed by atoms with Crippen molar-refractivity contribution in [3.05, 3.63) is 203 Å². The molecular weight excluding hydrogens is 1100 g/mol. The van der Waals surface area contributed by atoms with E-state index in [1.54, 1.807) is 61.0 Å². The molecule has 1 aromatic carbocycles. The van der Waals surface area contributed by atoms with Crippen LogP contribution in [0.15, 0.2) is 163 Å². The highest BCUT2D eigenvalue weighted by atomic mass is 32.1. The summed E-state index contributed by atoms with van der Waals surface area (Å²) in [6.45, 7) is 80.2. The van der Waals surface area contributed by atoms with Crippen LogP contribution in [-0.2, 0) is 7.05 Å². The molecule has 0 radical (unpaired) electrons. The van der Waals surface area contributed by atoms with Gasteiger partial charge in [0.05, 0.1) is 12.4 Å². The molecule has 0 aliphatic heterocycles. The Morgan fingerprint density at radius 1 is 0.352 bits per heavy atom. The molecule has 7 heterocycles. The van der Waals surface area contributed by atoms with E-state index in [4.69, 9.17) is 0 Å². The van der Waals surface area contributed by atoms with Crippen LogP contribution in [0.25, 0.3) is 0 Å². The van der Waals surface area contributed by atoms with Crippen LogP contribution in [0.2, 0.25) is 0 Å². The number of aromatic amines is 1. The van der Waals surface area contributed by atoms with Gasteiger partial charge in [0.1, 0.15) is 12.6 Å². The van der Waals surface area contributed by atoms with E-state index in [9.17, 15) is 0 Å². The van der Waals surface area contributed by atoms with Gasteiger partial charge in [-0.25, -0.2) is 9.97 Å². The average Bonchev–Trinajstić information content (AvgIpc) is 4.49. The number of hydrogen-bond donors (Lipinski definition) is 1. The van der Waals surface area contributed by atoms with Crippen LogP contribution in [0.1, 0.15) is 288 Å². The summed E-state index contributed by atoms with van der Waals surface area (Å²) in [6.07, 6.45) is 23.2. The molecule has 0 spiro atoms. The Morgan fingerprint density at radius 3 is 0.886 bits per heavy atom. The third-order valence-electron chi connectivity index (χ3n) is 6.12. The van der Waals surface area contributed by atoms with Crippen LogP contribution in [-0.4, -0.2) is 39.9 Å². The molecule has 0 saturated carbocycles. The fraction of sp³-hybridized carbons (Fsp3) is 0.564. The topological polar surface area (TPSA) is 111 Å². The molecular formula is C78H162N8OS. The molecule has 0 bridgehead atoms. The summed E-state index contributed by atoms with van der Waals surface area (Å²) in [5, 5.41) is 14.0. The number of hydrogen-bond acceptors (Lipinski definition) is 8. The van der Waals surface area contributed by atoms with Crippen molar-refractivity contribution in [3.8, 4) is 0 Å². The summed E-state index contributed by atoms with van der Waals surface area (Å²) in [4.78, 5) is 15.3. The lowest BCUT2D eigenvalue weighted by Gasteiger charge is -1.82. The number of H-pyrrole nitrogens is 1. The SMILES string of the molecule is C.C.C.CC.CC.CC.CC.CC.CC.CC.CC.CC.CC.CC.CC.CC.CC.CC.CC.Cc1ccccc1.Cc1cccnc1.Cc1ccn(C)c1.Cc1ccncc1.Cc1ccsc1.Cc1cn[nH]c1.Cc1cncnc1.Cc1cnoc1. The Balaban J connectivity index is -0.0000000340. The van der Waals surface area contributed by atoms with Crippen molar-refractivity contribution in [1.82, 2.24) is 39.9 Å². The molecule has 526 valence electrons. The van der Waals surface area contributed by atoms with Gasteiger partial charge < -0.3 is 9.09 Å². The van der Waals surface area contributed by atoms with E-state index in [2.05, 4.69) is 102 Å². The predicted octanol–water partition coefficient (Wildman–Crippen LogP) is 29.0. The van der Waals surface area contributed by atoms with E-state index in [0.717, 1.165) is 11.1 Å². The zero-order valence-electron chi connectivity index (χ0n) is 64.5. The minimum Gasteiger partial charge on any atom is -0.365 e. The van der Waals surface area contributed by atoms with Crippen LogP contribution >= 0.6 is 11.3 Å². The second-order valence-electron chi connectivity index (χ2n) is 11.8. The molecule has 0 aliphatic carbocycles. The molecule has 0 unspecified atom stereocenters. The maximum Gasteiger partial charge on any atom is 0.126 e. The fourth-order valence-electron chi connectivity index (χ4n) is 3.33. The minimum absolute atomic E-state index is 0. The first-order valence-electron chi connectivity index (χ1n) is 32.9. The number of aromatic nitrogens is 8. The Bertz CT molecular complexity index is 1640. The molecule has 0 fully saturated rings. The molecule has 0 aliphatic rings. The quantitative estimate of drug-likeness (QED) is 0.161. The summed E-state index contributed by atoms with van der Waals surface area (Å²) < 4.78 is 6.50. The fourth-order valence-corrected chi connectivity index (χ4v) is 4.00. The van der Waals surface area contributed by atoms with Gasteiger partial charge in [0.15, 0.2) is 0 Å². The zero-order valence-corrected chi connectivity index (χ0v) is 65.3. The van der Waals surface area contributed by atoms with Crippen LogP contribution in [0, 0.1) is 55.4 Å². The van der Waals surface area contributed by atoms with E-state index >= 15 is 0 Å². The van der Waals surface area contributed by atoms with E-state index < -0.39 is 0 Å². The van der Waals surface area contributed by atoms with Crippen LogP contribution in [0.5, 0.6) is 0 Å². The highest BCUT2D eigenvalue weighted by molar-refractivity contribution is 7.07. The van der Waals surface area contributed by atoms with Crippen molar-refractivity contribution < 1.29 is 4.52 Å². The first kappa shape index (κ1) is 136. The van der Waals surface area contributed by atoms with Gasteiger partial charge >= 0.3 is 0 Å². The molecule has 8 aromatic rings. The van der Waals surface area contributed by atoms with Crippen LogP contribution in [0.3, 0.4) is 0 Å². The lowest BCUT2D eigenvalue weighted by Crippen LogP contribution is -1.76. The minimum atomic E-state index is 0. The van der Waals surface area contributed by atoms with Gasteiger partial charge in [0, 0.05) is 68.4 Å². The van der Waals surface area contributed by atoms with Crippen LogP contribution < -0.4 is 0 Å². The number of nitrogens with one attached hydrogen (secondary N) is 1. The predicted molar refractivity (Wildman–Crippen MR) is 421 cm³/mol. The van der Waals surface area contributed by atoms with E-state index in [-0.39, 0.29) is 22.3 Å². The Hall–Kier alpha value is -6.00. The number of nitrogens with zero attached hydrogens (tertiary/aromatic N) is 7. The Kier molecular flexibility index (Phi) is 255. The lowest BCUT2D eigenvalue weighted by atomic mass is 10.2. The van der Waals surface area contributed by atoms with Gasteiger partial charge in [-0.05, 0) is 130 Å². The monoisotopic (exact) mass is 1260 g/mol. The highest BCUT2D eigenvalue weighted by Gasteiger charge is 1.81. The Labute approximate surface area is 561 Å². The third-order valence-corrected chi connectivity index (χ3v) is 6.92. The van der Waals surface area contributed by atoms with Gasteiger partial charge in [-0.2, -0.15) is 16.4 Å². The van der Waals surface area contributed by atoms with E-state index in [1.807, 2.05) is 329 Å². The van der Waals surface area contributed by atoms with Gasteiger partial charge in [-0.15, -0.1) is 0 Å². The second kappa shape index (κ2) is 165. The highest BCUT2D eigenvalue weighted by Crippen LogP contribution is 2.01. The lowest BCUT2D eigenvalue weighted by molar-refractivity contribution is 0.419. The van der Waals surface area contributed by atoms with Crippen LogP contribution in [0.4, 0.5) is 0 Å². The van der Waals surface area contributed by atoms with Crippen molar-refractivity contribution >= 4 is 11.3 Å². The number of aryl methyl sites for hydroxylation is 9. The Morgan fingerprint density at radius 2 is 0.750 bits per heavy atom. The molecule has 1 N–H and O–H groups in total.